The molecule has 0 bridgehead atoms. The van der Waals surface area contributed by atoms with Crippen molar-refractivity contribution in [3.05, 3.63) is 101 Å². The van der Waals surface area contributed by atoms with Crippen molar-refractivity contribution in [3.63, 3.8) is 0 Å². The van der Waals surface area contributed by atoms with Crippen LogP contribution in [-0.2, 0) is 15.6 Å². The summed E-state index contributed by atoms with van der Waals surface area (Å²) >= 11 is 0. The zero-order valence-electron chi connectivity index (χ0n) is 17.5. The molecule has 0 aromatic heterocycles. The van der Waals surface area contributed by atoms with Gasteiger partial charge in [0, 0.05) is 5.56 Å². The maximum absolute atomic E-state index is 12.6. The fourth-order valence-corrected chi connectivity index (χ4v) is 4.59. The number of carbonyl (C=O) groups is 1. The van der Waals surface area contributed by atoms with E-state index in [2.05, 4.69) is 31.3 Å². The maximum Gasteiger partial charge on any atom is 0.251 e. The van der Waals surface area contributed by atoms with Crippen LogP contribution in [0.4, 0.5) is 0 Å². The number of hydrogen-bond acceptors (Lipinski definition) is 3. The number of rotatable bonds is 7. The molecule has 4 nitrogen and oxygen atoms in total. The molecule has 1 amide bonds. The second-order valence-electron chi connectivity index (χ2n) is 7.79. The molecule has 1 atom stereocenters. The van der Waals surface area contributed by atoms with Gasteiger partial charge in [0.1, 0.15) is 0 Å². The number of sulfone groups is 1. The molecule has 0 aliphatic carbocycles. The Morgan fingerprint density at radius 3 is 1.93 bits per heavy atom. The average molecular weight is 422 g/mol. The lowest BCUT2D eigenvalue weighted by Gasteiger charge is -2.16. The van der Waals surface area contributed by atoms with E-state index in [0.717, 1.165) is 5.56 Å². The summed E-state index contributed by atoms with van der Waals surface area (Å²) in [6.45, 7) is 6.24. The Balaban J connectivity index is 1.65. The van der Waals surface area contributed by atoms with Crippen LogP contribution in [0, 0.1) is 0 Å². The van der Waals surface area contributed by atoms with Gasteiger partial charge in [0.2, 0.25) is 0 Å². The first kappa shape index (κ1) is 21.8. The second-order valence-corrected chi connectivity index (χ2v) is 9.78. The van der Waals surface area contributed by atoms with Crippen molar-refractivity contribution >= 4 is 15.7 Å². The van der Waals surface area contributed by atoms with Crippen LogP contribution in [0.5, 0.6) is 0 Å². The van der Waals surface area contributed by atoms with Gasteiger partial charge in [0.25, 0.3) is 5.91 Å². The molecule has 0 fully saturated rings. The molecular formula is C25H27NO3S. The van der Waals surface area contributed by atoms with Crippen LogP contribution < -0.4 is 5.32 Å². The Labute approximate surface area is 178 Å². The monoisotopic (exact) mass is 421 g/mol. The van der Waals surface area contributed by atoms with Crippen LogP contribution in [0.1, 0.15) is 59.8 Å². The molecule has 3 aromatic carbocycles. The highest BCUT2D eigenvalue weighted by molar-refractivity contribution is 7.90. The smallest absolute Gasteiger partial charge is 0.251 e. The van der Waals surface area contributed by atoms with Crippen molar-refractivity contribution in [1.82, 2.24) is 5.32 Å². The molecule has 0 saturated carbocycles. The Morgan fingerprint density at radius 1 is 0.800 bits per heavy atom. The maximum atomic E-state index is 12.6. The summed E-state index contributed by atoms with van der Waals surface area (Å²) in [5, 5.41) is 3.00. The molecule has 156 valence electrons. The SMILES string of the molecule is CC(C)c1ccc(C(C)NC(=O)c2ccc(CS(=O)(=O)c3ccccc3)cc2)cc1. The summed E-state index contributed by atoms with van der Waals surface area (Å²) in [5.74, 6) is 0.179. The van der Waals surface area contributed by atoms with Gasteiger partial charge >= 0.3 is 0 Å². The van der Waals surface area contributed by atoms with Crippen LogP contribution in [0.2, 0.25) is 0 Å². The first-order chi connectivity index (χ1) is 14.3. The molecular weight excluding hydrogens is 394 g/mol. The Bertz CT molecular complexity index is 1090. The average Bonchev–Trinajstić information content (AvgIpc) is 2.74. The van der Waals surface area contributed by atoms with E-state index in [4.69, 9.17) is 0 Å². The topological polar surface area (TPSA) is 63.2 Å². The van der Waals surface area contributed by atoms with E-state index >= 15 is 0 Å². The van der Waals surface area contributed by atoms with Gasteiger partial charge < -0.3 is 5.32 Å². The van der Waals surface area contributed by atoms with Crippen LogP contribution in [0.25, 0.3) is 0 Å². The summed E-state index contributed by atoms with van der Waals surface area (Å²) < 4.78 is 25.0. The lowest BCUT2D eigenvalue weighted by Crippen LogP contribution is -2.26. The van der Waals surface area contributed by atoms with Crippen LogP contribution in [0.15, 0.2) is 83.8 Å². The van der Waals surface area contributed by atoms with E-state index in [1.807, 2.05) is 19.1 Å². The largest absolute Gasteiger partial charge is 0.346 e. The van der Waals surface area contributed by atoms with Gasteiger partial charge in [-0.05, 0) is 53.8 Å². The molecule has 0 aliphatic rings. The van der Waals surface area contributed by atoms with Crippen LogP contribution in [-0.4, -0.2) is 14.3 Å². The molecule has 0 saturated heterocycles. The normalized spacial score (nSPS) is 12.5. The van der Waals surface area contributed by atoms with Crippen LogP contribution >= 0.6 is 0 Å². The Morgan fingerprint density at radius 2 is 1.37 bits per heavy atom. The van der Waals surface area contributed by atoms with Gasteiger partial charge in [0.15, 0.2) is 9.84 Å². The summed E-state index contributed by atoms with van der Waals surface area (Å²) in [5.41, 5.74) is 3.45. The molecule has 5 heteroatoms. The van der Waals surface area contributed by atoms with Gasteiger partial charge in [-0.25, -0.2) is 8.42 Å². The van der Waals surface area contributed by atoms with Gasteiger partial charge in [-0.15, -0.1) is 0 Å². The summed E-state index contributed by atoms with van der Waals surface area (Å²) in [6, 6.07) is 23.2. The molecule has 3 rings (SSSR count). The molecule has 1 unspecified atom stereocenters. The molecule has 1 N–H and O–H groups in total. The van der Waals surface area contributed by atoms with Crippen molar-refractivity contribution in [2.75, 3.05) is 0 Å². The van der Waals surface area contributed by atoms with Gasteiger partial charge in [-0.3, -0.25) is 4.79 Å². The lowest BCUT2D eigenvalue weighted by molar-refractivity contribution is 0.0940. The summed E-state index contributed by atoms with van der Waals surface area (Å²) in [4.78, 5) is 12.9. The second kappa shape index (κ2) is 9.26. The van der Waals surface area contributed by atoms with Gasteiger partial charge in [-0.1, -0.05) is 68.4 Å². The summed E-state index contributed by atoms with van der Waals surface area (Å²) in [7, 11) is -3.41. The number of hydrogen-bond donors (Lipinski definition) is 1. The third kappa shape index (κ3) is 5.36. The fourth-order valence-electron chi connectivity index (χ4n) is 3.22. The van der Waals surface area contributed by atoms with Crippen molar-refractivity contribution < 1.29 is 13.2 Å². The van der Waals surface area contributed by atoms with Crippen LogP contribution in [0.3, 0.4) is 0 Å². The van der Waals surface area contributed by atoms with Crippen molar-refractivity contribution in [3.8, 4) is 0 Å². The highest BCUT2D eigenvalue weighted by Gasteiger charge is 2.16. The van der Waals surface area contributed by atoms with Crippen molar-refractivity contribution in [2.24, 2.45) is 0 Å². The predicted octanol–water partition coefficient (Wildman–Crippen LogP) is 5.27. The minimum atomic E-state index is -3.41. The van der Waals surface area contributed by atoms with Gasteiger partial charge in [0.05, 0.1) is 16.7 Å². The fraction of sp³-hybridized carbons (Fsp3) is 0.240. The third-order valence-corrected chi connectivity index (χ3v) is 6.83. The van der Waals surface area contributed by atoms with E-state index in [9.17, 15) is 13.2 Å². The van der Waals surface area contributed by atoms with Crippen molar-refractivity contribution in [1.29, 1.82) is 0 Å². The lowest BCUT2D eigenvalue weighted by atomic mass is 9.99. The van der Waals surface area contributed by atoms with E-state index < -0.39 is 9.84 Å². The number of benzene rings is 3. The van der Waals surface area contributed by atoms with Gasteiger partial charge in [-0.2, -0.15) is 0 Å². The number of amides is 1. The summed E-state index contributed by atoms with van der Waals surface area (Å²) in [6.07, 6.45) is 0. The number of carbonyl (C=O) groups excluding carboxylic acids is 1. The number of nitrogens with one attached hydrogen (secondary N) is 1. The van der Waals surface area contributed by atoms with E-state index in [1.165, 1.54) is 5.56 Å². The zero-order chi connectivity index (χ0) is 21.7. The molecule has 30 heavy (non-hydrogen) atoms. The van der Waals surface area contributed by atoms with E-state index in [0.29, 0.717) is 21.9 Å². The quantitative estimate of drug-likeness (QED) is 0.565. The predicted molar refractivity (Wildman–Crippen MR) is 120 cm³/mol. The first-order valence-corrected chi connectivity index (χ1v) is 11.7. The minimum absolute atomic E-state index is 0.0997. The highest BCUT2D eigenvalue weighted by atomic mass is 32.2. The zero-order valence-corrected chi connectivity index (χ0v) is 18.3. The molecule has 0 radical (unpaired) electrons. The molecule has 0 heterocycles. The molecule has 0 aliphatic heterocycles. The minimum Gasteiger partial charge on any atom is -0.346 e. The van der Waals surface area contributed by atoms with Crippen molar-refractivity contribution in [2.45, 2.75) is 43.4 Å². The Hall–Kier alpha value is -2.92. The highest BCUT2D eigenvalue weighted by Crippen LogP contribution is 2.20. The molecule has 3 aromatic rings. The Kier molecular flexibility index (Phi) is 6.73. The molecule has 0 spiro atoms. The third-order valence-electron chi connectivity index (χ3n) is 5.13. The van der Waals surface area contributed by atoms with E-state index in [1.54, 1.807) is 54.6 Å². The first-order valence-electron chi connectivity index (χ1n) is 10.0. The van der Waals surface area contributed by atoms with E-state index in [-0.39, 0.29) is 17.7 Å². The standard InChI is InChI=1S/C25H27NO3S/c1-18(2)21-13-15-22(16-14-21)19(3)26-25(27)23-11-9-20(10-12-23)17-30(28,29)24-7-5-4-6-8-24/h4-16,18-19H,17H2,1-3H3,(H,26,27).